The van der Waals surface area contributed by atoms with E-state index < -0.39 is 17.7 Å². The lowest BCUT2D eigenvalue weighted by Crippen LogP contribution is -2.39. The minimum Gasteiger partial charge on any atom is -0.444 e. The standard InChI is InChI=1S/C13H23N3O3/c1-9(2)10(8-14)16-11(17)6-7-15-12(18)19-13(3,4)5/h9-10H,6-7H2,1-5H3,(H,15,18)(H,16,17). The van der Waals surface area contributed by atoms with Gasteiger partial charge in [0.2, 0.25) is 5.91 Å². The summed E-state index contributed by atoms with van der Waals surface area (Å²) in [5, 5.41) is 13.9. The number of carbonyl (C=O) groups is 2. The summed E-state index contributed by atoms with van der Waals surface area (Å²) in [5.74, 6) is -0.218. The van der Waals surface area contributed by atoms with Crippen molar-refractivity contribution in [3.05, 3.63) is 0 Å². The average molecular weight is 269 g/mol. The van der Waals surface area contributed by atoms with Gasteiger partial charge in [-0.05, 0) is 26.7 Å². The van der Waals surface area contributed by atoms with E-state index in [4.69, 9.17) is 10.00 Å². The number of nitrogens with zero attached hydrogens (tertiary/aromatic N) is 1. The molecule has 0 aliphatic heterocycles. The van der Waals surface area contributed by atoms with Crippen LogP contribution in [-0.2, 0) is 9.53 Å². The average Bonchev–Trinajstić information content (AvgIpc) is 2.22. The van der Waals surface area contributed by atoms with E-state index in [2.05, 4.69) is 10.6 Å². The fraction of sp³-hybridized carbons (Fsp3) is 0.769. The quantitative estimate of drug-likeness (QED) is 0.792. The molecule has 0 saturated carbocycles. The molecular weight excluding hydrogens is 246 g/mol. The van der Waals surface area contributed by atoms with Crippen molar-refractivity contribution in [2.24, 2.45) is 5.92 Å². The third-order valence-corrected chi connectivity index (χ3v) is 2.14. The number of hydrogen-bond donors (Lipinski definition) is 2. The zero-order valence-electron chi connectivity index (χ0n) is 12.2. The Morgan fingerprint density at radius 2 is 1.89 bits per heavy atom. The van der Waals surface area contributed by atoms with Gasteiger partial charge in [0.25, 0.3) is 0 Å². The highest BCUT2D eigenvalue weighted by Gasteiger charge is 2.17. The predicted molar refractivity (Wildman–Crippen MR) is 71.2 cm³/mol. The van der Waals surface area contributed by atoms with Crippen LogP contribution in [0.2, 0.25) is 0 Å². The van der Waals surface area contributed by atoms with E-state index >= 15 is 0 Å². The van der Waals surface area contributed by atoms with Crippen molar-refractivity contribution in [3.8, 4) is 6.07 Å². The van der Waals surface area contributed by atoms with Crippen LogP contribution in [0.5, 0.6) is 0 Å². The fourth-order valence-electron chi connectivity index (χ4n) is 1.19. The van der Waals surface area contributed by atoms with Crippen molar-refractivity contribution in [2.75, 3.05) is 6.54 Å². The van der Waals surface area contributed by atoms with E-state index in [0.717, 1.165) is 0 Å². The second-order valence-corrected chi connectivity index (χ2v) is 5.60. The summed E-state index contributed by atoms with van der Waals surface area (Å²) in [7, 11) is 0. The Hall–Kier alpha value is -1.77. The van der Waals surface area contributed by atoms with E-state index in [1.807, 2.05) is 19.9 Å². The maximum atomic E-state index is 11.5. The van der Waals surface area contributed by atoms with Crippen LogP contribution in [-0.4, -0.2) is 30.2 Å². The lowest BCUT2D eigenvalue weighted by Gasteiger charge is -2.19. The third-order valence-electron chi connectivity index (χ3n) is 2.14. The fourth-order valence-corrected chi connectivity index (χ4v) is 1.19. The Kier molecular flexibility index (Phi) is 6.91. The largest absolute Gasteiger partial charge is 0.444 e. The molecule has 0 radical (unpaired) electrons. The summed E-state index contributed by atoms with van der Waals surface area (Å²) in [6.45, 7) is 9.18. The molecule has 0 aromatic heterocycles. The van der Waals surface area contributed by atoms with Crippen molar-refractivity contribution in [2.45, 2.75) is 52.7 Å². The molecule has 0 aromatic carbocycles. The molecule has 0 aromatic rings. The summed E-state index contributed by atoms with van der Waals surface area (Å²) in [4.78, 5) is 22.8. The summed E-state index contributed by atoms with van der Waals surface area (Å²) >= 11 is 0. The summed E-state index contributed by atoms with van der Waals surface area (Å²) in [5.41, 5.74) is -0.560. The first-order chi connectivity index (χ1) is 8.65. The van der Waals surface area contributed by atoms with Crippen molar-refractivity contribution < 1.29 is 14.3 Å². The Labute approximate surface area is 114 Å². The number of ether oxygens (including phenoxy) is 1. The minimum atomic E-state index is -0.560. The van der Waals surface area contributed by atoms with Gasteiger partial charge in [-0.25, -0.2) is 4.79 Å². The zero-order valence-corrected chi connectivity index (χ0v) is 12.2. The Balaban J connectivity index is 3.93. The van der Waals surface area contributed by atoms with E-state index in [0.29, 0.717) is 0 Å². The van der Waals surface area contributed by atoms with Crippen LogP contribution in [0.1, 0.15) is 41.0 Å². The van der Waals surface area contributed by atoms with Gasteiger partial charge >= 0.3 is 6.09 Å². The third kappa shape index (κ3) is 8.89. The Morgan fingerprint density at radius 3 is 2.32 bits per heavy atom. The van der Waals surface area contributed by atoms with Crippen LogP contribution in [0, 0.1) is 17.2 Å². The molecule has 0 bridgehead atoms. The first-order valence-electron chi connectivity index (χ1n) is 6.31. The van der Waals surface area contributed by atoms with Gasteiger partial charge in [0.1, 0.15) is 11.6 Å². The van der Waals surface area contributed by atoms with Crippen molar-refractivity contribution in [3.63, 3.8) is 0 Å². The highest BCUT2D eigenvalue weighted by molar-refractivity contribution is 5.77. The van der Waals surface area contributed by atoms with Gasteiger partial charge in [-0.3, -0.25) is 4.79 Å². The van der Waals surface area contributed by atoms with Gasteiger partial charge in [-0.1, -0.05) is 13.8 Å². The topological polar surface area (TPSA) is 91.2 Å². The number of carbonyl (C=O) groups excluding carboxylic acids is 2. The maximum absolute atomic E-state index is 11.5. The molecule has 0 heterocycles. The van der Waals surface area contributed by atoms with Crippen molar-refractivity contribution in [1.29, 1.82) is 5.26 Å². The normalized spacial score (nSPS) is 12.5. The Morgan fingerprint density at radius 1 is 1.32 bits per heavy atom. The molecule has 0 aliphatic rings. The smallest absolute Gasteiger partial charge is 0.407 e. The highest BCUT2D eigenvalue weighted by Crippen LogP contribution is 2.06. The zero-order chi connectivity index (χ0) is 15.1. The number of alkyl carbamates (subject to hydrolysis) is 1. The maximum Gasteiger partial charge on any atom is 0.407 e. The van der Waals surface area contributed by atoms with Crippen LogP contribution in [0.25, 0.3) is 0 Å². The highest BCUT2D eigenvalue weighted by atomic mass is 16.6. The molecule has 1 unspecified atom stereocenters. The van der Waals surface area contributed by atoms with Gasteiger partial charge in [-0.15, -0.1) is 0 Å². The molecule has 6 nitrogen and oxygen atoms in total. The molecule has 0 rings (SSSR count). The number of rotatable bonds is 5. The molecule has 0 spiro atoms. The SMILES string of the molecule is CC(C)C(C#N)NC(=O)CCNC(=O)OC(C)(C)C. The summed E-state index contributed by atoms with van der Waals surface area (Å²) in [6.07, 6.45) is -0.439. The van der Waals surface area contributed by atoms with Gasteiger partial charge in [0.05, 0.1) is 6.07 Å². The van der Waals surface area contributed by atoms with E-state index in [1.54, 1.807) is 20.8 Å². The number of amides is 2. The summed E-state index contributed by atoms with van der Waals surface area (Å²) < 4.78 is 5.03. The van der Waals surface area contributed by atoms with Crippen LogP contribution in [0.15, 0.2) is 0 Å². The molecule has 0 fully saturated rings. The predicted octanol–water partition coefficient (Wildman–Crippen LogP) is 1.57. The molecule has 108 valence electrons. The van der Waals surface area contributed by atoms with Gasteiger partial charge in [-0.2, -0.15) is 5.26 Å². The lowest BCUT2D eigenvalue weighted by molar-refractivity contribution is -0.121. The van der Waals surface area contributed by atoms with Crippen molar-refractivity contribution in [1.82, 2.24) is 10.6 Å². The van der Waals surface area contributed by atoms with E-state index in [9.17, 15) is 9.59 Å². The lowest BCUT2D eigenvalue weighted by atomic mass is 10.1. The van der Waals surface area contributed by atoms with E-state index in [-0.39, 0.29) is 24.8 Å². The first kappa shape index (κ1) is 17.2. The van der Waals surface area contributed by atoms with Crippen LogP contribution >= 0.6 is 0 Å². The van der Waals surface area contributed by atoms with Gasteiger partial charge in [0, 0.05) is 13.0 Å². The van der Waals surface area contributed by atoms with Gasteiger partial charge < -0.3 is 15.4 Å². The first-order valence-corrected chi connectivity index (χ1v) is 6.31. The summed E-state index contributed by atoms with van der Waals surface area (Å²) in [6, 6.07) is 1.51. The number of nitrogens with one attached hydrogen (secondary N) is 2. The van der Waals surface area contributed by atoms with Crippen LogP contribution in [0.4, 0.5) is 4.79 Å². The van der Waals surface area contributed by atoms with Gasteiger partial charge in [0.15, 0.2) is 0 Å². The molecule has 2 amide bonds. The second-order valence-electron chi connectivity index (χ2n) is 5.60. The molecule has 2 N–H and O–H groups in total. The van der Waals surface area contributed by atoms with Crippen LogP contribution < -0.4 is 10.6 Å². The molecule has 6 heteroatoms. The molecule has 0 aliphatic carbocycles. The minimum absolute atomic E-state index is 0.0489. The second kappa shape index (κ2) is 7.62. The Bertz CT molecular complexity index is 353. The number of hydrogen-bond acceptors (Lipinski definition) is 4. The monoisotopic (exact) mass is 269 g/mol. The van der Waals surface area contributed by atoms with Crippen LogP contribution in [0.3, 0.4) is 0 Å². The molecule has 0 saturated heterocycles. The molecule has 1 atom stereocenters. The van der Waals surface area contributed by atoms with E-state index in [1.165, 1.54) is 0 Å². The van der Waals surface area contributed by atoms with Crippen molar-refractivity contribution >= 4 is 12.0 Å². The number of nitriles is 1. The molecular formula is C13H23N3O3. The molecule has 19 heavy (non-hydrogen) atoms.